The molecule has 2 aliphatic rings. The van der Waals surface area contributed by atoms with Gasteiger partial charge in [-0.25, -0.2) is 0 Å². The number of benzene rings is 2. The van der Waals surface area contributed by atoms with E-state index in [2.05, 4.69) is 39.6 Å². The van der Waals surface area contributed by atoms with E-state index in [-0.39, 0.29) is 55.5 Å². The molecule has 0 spiro atoms. The molecule has 0 unspecified atom stereocenters. The van der Waals surface area contributed by atoms with Crippen LogP contribution in [0.3, 0.4) is 0 Å². The second kappa shape index (κ2) is 17.9. The molecular formula is C36H45N5O5S. The highest BCUT2D eigenvalue weighted by Gasteiger charge is 2.54. The van der Waals surface area contributed by atoms with Gasteiger partial charge in [0.1, 0.15) is 25.3 Å². The molecule has 2 heterocycles. The van der Waals surface area contributed by atoms with Gasteiger partial charge in [-0.05, 0) is 54.0 Å². The fraction of sp³-hybridized carbons (Fsp3) is 0.472. The topological polar surface area (TPSA) is 135 Å². The Hall–Kier alpha value is -3.84. The van der Waals surface area contributed by atoms with Crippen LogP contribution in [0, 0.1) is 29.1 Å². The summed E-state index contributed by atoms with van der Waals surface area (Å²) in [6, 6.07) is 17.3. The first-order valence-electron chi connectivity index (χ1n) is 15.9. The molecule has 0 aromatic heterocycles. The summed E-state index contributed by atoms with van der Waals surface area (Å²) in [6.07, 6.45) is 1.19. The number of nitrogens with one attached hydrogen (secondary N) is 3. The van der Waals surface area contributed by atoms with Crippen LogP contribution in [-0.4, -0.2) is 85.9 Å². The first kappa shape index (κ1) is 36.0. The molecular weight excluding hydrogens is 614 g/mol. The van der Waals surface area contributed by atoms with Crippen molar-refractivity contribution in [1.82, 2.24) is 20.9 Å². The molecule has 0 saturated carbocycles. The molecule has 11 heteroatoms. The van der Waals surface area contributed by atoms with Gasteiger partial charge in [0.2, 0.25) is 17.7 Å². The predicted molar refractivity (Wildman–Crippen MR) is 184 cm³/mol. The van der Waals surface area contributed by atoms with Crippen molar-refractivity contribution in [3.05, 3.63) is 71.8 Å². The van der Waals surface area contributed by atoms with Gasteiger partial charge in [-0.3, -0.25) is 14.4 Å². The van der Waals surface area contributed by atoms with E-state index in [0.717, 1.165) is 11.1 Å². The third kappa shape index (κ3) is 10.3. The van der Waals surface area contributed by atoms with Gasteiger partial charge in [-0.1, -0.05) is 86.4 Å². The molecule has 0 radical (unpaired) electrons. The lowest BCUT2D eigenvalue weighted by molar-refractivity contribution is -0.144. The van der Waals surface area contributed by atoms with E-state index in [1.165, 1.54) is 0 Å². The molecule has 0 bridgehead atoms. The van der Waals surface area contributed by atoms with E-state index in [4.69, 9.17) is 15.2 Å². The minimum absolute atomic E-state index is 0.115. The zero-order valence-corrected chi connectivity index (χ0v) is 28.1. The molecule has 2 aliphatic heterocycles. The third-order valence-electron chi connectivity index (χ3n) is 8.14. The highest BCUT2D eigenvalue weighted by atomic mass is 32.2. The van der Waals surface area contributed by atoms with Crippen LogP contribution in [0.1, 0.15) is 49.9 Å². The van der Waals surface area contributed by atoms with E-state index in [0.29, 0.717) is 25.2 Å². The molecule has 0 aliphatic carbocycles. The standard InChI is InChI=1S/C36H45N5O5S/c1-36(2)22-32-41(35(44)29(18-21-47-32)39-31(42)23-38-3)33(36)34(43)40-30(27-16-10-7-11-17-27)25-46-20-13-5-4-12-19-45-24-28(37)26-14-8-6-9-15-26/h6-11,14-17,28-30,32-33,38H,18-25,37H2,1-3H3,(H,39,42)(H,40,43)/t28-,29+,30-,32+,33-/m1/s1. The Morgan fingerprint density at radius 1 is 1.00 bits per heavy atom. The maximum Gasteiger partial charge on any atom is 0.246 e. The van der Waals surface area contributed by atoms with Gasteiger partial charge in [0, 0.05) is 0 Å². The fourth-order valence-electron chi connectivity index (χ4n) is 5.84. The van der Waals surface area contributed by atoms with Gasteiger partial charge in [-0.15, -0.1) is 11.8 Å². The molecule has 2 aromatic rings. The Kier molecular flexibility index (Phi) is 13.7. The van der Waals surface area contributed by atoms with Crippen LogP contribution in [0.25, 0.3) is 0 Å². The summed E-state index contributed by atoms with van der Waals surface area (Å²) < 4.78 is 11.4. The molecule has 10 nitrogen and oxygen atoms in total. The fourth-order valence-corrected chi connectivity index (χ4v) is 7.41. The van der Waals surface area contributed by atoms with E-state index in [9.17, 15) is 14.4 Å². The number of carbonyl (C=O) groups excluding carboxylic acids is 3. The number of fused-ring (bicyclic) bond motifs is 1. The average Bonchev–Trinajstić information content (AvgIpc) is 3.26. The first-order valence-corrected chi connectivity index (χ1v) is 16.9. The summed E-state index contributed by atoms with van der Waals surface area (Å²) in [4.78, 5) is 41.9. The first-order chi connectivity index (χ1) is 22.7. The number of hydrogen-bond acceptors (Lipinski definition) is 8. The summed E-state index contributed by atoms with van der Waals surface area (Å²) in [5.41, 5.74) is 7.54. The Balaban J connectivity index is 1.34. The Morgan fingerprint density at radius 2 is 1.62 bits per heavy atom. The van der Waals surface area contributed by atoms with Crippen LogP contribution >= 0.6 is 11.8 Å². The second-order valence-electron chi connectivity index (χ2n) is 12.2. The van der Waals surface area contributed by atoms with Crippen molar-refractivity contribution in [1.29, 1.82) is 0 Å². The lowest BCUT2D eigenvalue weighted by Gasteiger charge is -2.35. The van der Waals surface area contributed by atoms with Gasteiger partial charge < -0.3 is 36.1 Å². The van der Waals surface area contributed by atoms with Crippen LogP contribution in [0.5, 0.6) is 0 Å². The Morgan fingerprint density at radius 3 is 2.26 bits per heavy atom. The minimum Gasteiger partial charge on any atom is -0.367 e. The molecule has 2 aromatic carbocycles. The number of carbonyl (C=O) groups is 3. The number of likely N-dealkylation sites (N-methyl/N-ethyl adjacent to an activating group) is 1. The minimum atomic E-state index is -0.708. The van der Waals surface area contributed by atoms with Crippen LogP contribution in [0.2, 0.25) is 0 Å². The predicted octanol–water partition coefficient (Wildman–Crippen LogP) is 2.38. The van der Waals surface area contributed by atoms with Crippen molar-refractivity contribution in [2.75, 3.05) is 45.8 Å². The van der Waals surface area contributed by atoms with E-state index < -0.39 is 23.5 Å². The van der Waals surface area contributed by atoms with Gasteiger partial charge >= 0.3 is 0 Å². The highest BCUT2D eigenvalue weighted by molar-refractivity contribution is 7.99. The molecule has 5 atom stereocenters. The van der Waals surface area contributed by atoms with E-state index >= 15 is 0 Å². The quantitative estimate of drug-likeness (QED) is 0.190. The van der Waals surface area contributed by atoms with Crippen molar-refractivity contribution < 1.29 is 23.9 Å². The average molecular weight is 660 g/mol. The molecule has 250 valence electrons. The van der Waals surface area contributed by atoms with Gasteiger partial charge in [-0.2, -0.15) is 0 Å². The van der Waals surface area contributed by atoms with Crippen molar-refractivity contribution in [2.45, 2.75) is 56.2 Å². The summed E-state index contributed by atoms with van der Waals surface area (Å²) in [7, 11) is 1.68. The van der Waals surface area contributed by atoms with Crippen LogP contribution in [0.15, 0.2) is 60.7 Å². The summed E-state index contributed by atoms with van der Waals surface area (Å²) in [5, 5.41) is 8.68. The summed E-state index contributed by atoms with van der Waals surface area (Å²) >= 11 is 1.66. The van der Waals surface area contributed by atoms with Crippen LogP contribution in [0.4, 0.5) is 0 Å². The van der Waals surface area contributed by atoms with E-state index in [1.54, 1.807) is 23.7 Å². The smallest absolute Gasteiger partial charge is 0.246 e. The number of thioether (sulfide) groups is 1. The maximum atomic E-state index is 14.0. The number of amides is 3. The lowest BCUT2D eigenvalue weighted by Crippen LogP contribution is -2.57. The normalized spacial score (nSPS) is 21.1. The number of nitrogens with two attached hydrogens (primary N) is 1. The van der Waals surface area contributed by atoms with Gasteiger partial charge in [0.25, 0.3) is 0 Å². The summed E-state index contributed by atoms with van der Waals surface area (Å²) in [5.74, 6) is 11.3. The van der Waals surface area contributed by atoms with Crippen molar-refractivity contribution in [3.8, 4) is 23.7 Å². The third-order valence-corrected chi connectivity index (χ3v) is 9.39. The highest BCUT2D eigenvalue weighted by Crippen LogP contribution is 2.46. The summed E-state index contributed by atoms with van der Waals surface area (Å²) in [6.45, 7) is 5.03. The second-order valence-corrected chi connectivity index (χ2v) is 13.5. The number of nitrogens with zero attached hydrogens (tertiary/aromatic N) is 1. The molecule has 2 fully saturated rings. The molecule has 5 N–H and O–H groups in total. The van der Waals surface area contributed by atoms with Crippen LogP contribution in [-0.2, 0) is 23.9 Å². The zero-order valence-electron chi connectivity index (χ0n) is 27.3. The maximum absolute atomic E-state index is 14.0. The van der Waals surface area contributed by atoms with Crippen molar-refractivity contribution >= 4 is 29.5 Å². The molecule has 3 amide bonds. The number of ether oxygens (including phenoxy) is 2. The Labute approximate surface area is 282 Å². The largest absolute Gasteiger partial charge is 0.367 e. The number of hydrogen-bond donors (Lipinski definition) is 4. The molecule has 4 rings (SSSR count). The van der Waals surface area contributed by atoms with E-state index in [1.807, 2.05) is 74.5 Å². The van der Waals surface area contributed by atoms with Crippen LogP contribution < -0.4 is 21.7 Å². The Bertz CT molecular complexity index is 1470. The van der Waals surface area contributed by atoms with Crippen molar-refractivity contribution in [3.63, 3.8) is 0 Å². The van der Waals surface area contributed by atoms with Gasteiger partial charge in [0.05, 0.1) is 37.2 Å². The number of rotatable bonds is 13. The monoisotopic (exact) mass is 659 g/mol. The SMILES string of the molecule is CNCC(=O)N[C@H]1CCS[C@H]2CC(C)(C)[C@@H](C(=O)N[C@H](COCC#CC#CCOC[C@@H](N)c3ccccc3)c3ccccc3)N2C1=O. The molecule has 2 saturated heterocycles. The molecule has 47 heavy (non-hydrogen) atoms. The van der Waals surface area contributed by atoms with Gasteiger partial charge in [0.15, 0.2) is 0 Å². The van der Waals surface area contributed by atoms with Crippen molar-refractivity contribution in [2.24, 2.45) is 11.1 Å². The zero-order chi connectivity index (χ0) is 33.6. The lowest BCUT2D eigenvalue weighted by atomic mass is 9.84.